The molecule has 3 heteroatoms. The van der Waals surface area contributed by atoms with Crippen LogP contribution in [0.15, 0.2) is 18.5 Å². The number of nitrogens with one attached hydrogen (secondary N) is 1. The molecular weight excluding hydrogens is 126 g/mol. The number of aromatic nitrogens is 3. The summed E-state index contributed by atoms with van der Waals surface area (Å²) in [6, 6.07) is 2.02. The minimum Gasteiger partial charge on any atom is -0.276 e. The monoisotopic (exact) mass is 135 g/mol. The van der Waals surface area contributed by atoms with Crippen LogP contribution >= 0.6 is 0 Å². The van der Waals surface area contributed by atoms with Crippen LogP contribution in [-0.4, -0.2) is 15.2 Å². The lowest BCUT2D eigenvalue weighted by atomic mass is 10.3. The van der Waals surface area contributed by atoms with Crippen molar-refractivity contribution in [3.8, 4) is 0 Å². The molecular formula is C7H9N3. The fraction of sp³-hybridized carbons (Fsp3) is 0.143. The summed E-state index contributed by atoms with van der Waals surface area (Å²) in [4.78, 5) is 4.15. The number of aryl methyl sites for hydroxylation is 1. The summed E-state index contributed by atoms with van der Waals surface area (Å²) < 4.78 is 0. The van der Waals surface area contributed by atoms with Gasteiger partial charge in [0.1, 0.15) is 5.52 Å². The maximum Gasteiger partial charge on any atom is 0.108 e. The van der Waals surface area contributed by atoms with Gasteiger partial charge < -0.3 is 0 Å². The van der Waals surface area contributed by atoms with Crippen LogP contribution in [0.4, 0.5) is 0 Å². The van der Waals surface area contributed by atoms with Crippen molar-refractivity contribution in [2.75, 3.05) is 0 Å². The number of hydrogen-bond acceptors (Lipinski definition) is 2. The van der Waals surface area contributed by atoms with Gasteiger partial charge in [0, 0.05) is 7.62 Å². The number of hydrogen-bond donors (Lipinski definition) is 1. The van der Waals surface area contributed by atoms with Crippen LogP contribution in [0.5, 0.6) is 0 Å². The van der Waals surface area contributed by atoms with Gasteiger partial charge in [0.05, 0.1) is 11.7 Å². The molecule has 2 aromatic heterocycles. The van der Waals surface area contributed by atoms with E-state index in [0.29, 0.717) is 0 Å². The van der Waals surface area contributed by atoms with E-state index < -0.39 is 0 Å². The van der Waals surface area contributed by atoms with Gasteiger partial charge in [0.25, 0.3) is 0 Å². The molecule has 0 atom stereocenters. The molecule has 0 saturated carbocycles. The van der Waals surface area contributed by atoms with E-state index in [1.54, 1.807) is 6.20 Å². The number of H-pyrrole nitrogens is 1. The highest BCUT2D eigenvalue weighted by molar-refractivity contribution is 5.73. The fourth-order valence-corrected chi connectivity index (χ4v) is 0.935. The van der Waals surface area contributed by atoms with Crippen molar-refractivity contribution >= 4 is 11.0 Å². The quantitative estimate of drug-likeness (QED) is 0.595. The van der Waals surface area contributed by atoms with Crippen molar-refractivity contribution in [1.82, 2.24) is 15.2 Å². The van der Waals surface area contributed by atoms with E-state index in [9.17, 15) is 0 Å². The Morgan fingerprint density at radius 2 is 2.40 bits per heavy atom. The molecule has 2 aromatic rings. The van der Waals surface area contributed by atoms with Gasteiger partial charge in [0.2, 0.25) is 0 Å². The van der Waals surface area contributed by atoms with Crippen LogP contribution < -0.4 is 0 Å². The number of fused-ring (bicyclic) bond motifs is 1. The van der Waals surface area contributed by atoms with Gasteiger partial charge in [-0.05, 0) is 18.6 Å². The first kappa shape index (κ1) is 5.41. The molecule has 3 nitrogen and oxygen atoms in total. The maximum atomic E-state index is 4.15. The highest BCUT2D eigenvalue weighted by atomic mass is 15.1. The summed E-state index contributed by atoms with van der Waals surface area (Å²) in [5.74, 6) is 0. The van der Waals surface area contributed by atoms with Crippen molar-refractivity contribution in [1.29, 1.82) is 0 Å². The molecule has 0 fully saturated rings. The van der Waals surface area contributed by atoms with Gasteiger partial charge in [-0.15, -0.1) is 0 Å². The fourth-order valence-electron chi connectivity index (χ4n) is 0.935. The molecule has 52 valence electrons. The molecule has 0 radical (unpaired) electrons. The van der Waals surface area contributed by atoms with Crippen LogP contribution in [0.3, 0.4) is 0 Å². The SMILES string of the molecule is Cc1cnc2cn[nH]c2c1.[HH]. The highest BCUT2D eigenvalue weighted by Gasteiger charge is 1.93. The van der Waals surface area contributed by atoms with E-state index in [4.69, 9.17) is 0 Å². The van der Waals surface area contributed by atoms with Crippen LogP contribution in [-0.2, 0) is 0 Å². The van der Waals surface area contributed by atoms with Gasteiger partial charge in [-0.1, -0.05) is 0 Å². The molecule has 0 spiro atoms. The summed E-state index contributed by atoms with van der Waals surface area (Å²) in [7, 11) is 0. The number of rotatable bonds is 0. The Balaban J connectivity index is 0.000000605. The largest absolute Gasteiger partial charge is 0.276 e. The smallest absolute Gasteiger partial charge is 0.108 e. The number of aromatic amines is 1. The highest BCUT2D eigenvalue weighted by Crippen LogP contribution is 2.07. The maximum absolute atomic E-state index is 4.15. The van der Waals surface area contributed by atoms with Crippen LogP contribution in [0.1, 0.15) is 6.99 Å². The van der Waals surface area contributed by atoms with Crippen molar-refractivity contribution < 1.29 is 1.43 Å². The molecule has 0 aliphatic heterocycles. The summed E-state index contributed by atoms with van der Waals surface area (Å²) in [6.07, 6.45) is 3.55. The minimum absolute atomic E-state index is 0. The average Bonchev–Trinajstić information content (AvgIpc) is 2.33. The van der Waals surface area contributed by atoms with Gasteiger partial charge >= 0.3 is 0 Å². The predicted molar refractivity (Wildman–Crippen MR) is 40.7 cm³/mol. The van der Waals surface area contributed by atoms with Crippen molar-refractivity contribution in [3.05, 3.63) is 24.0 Å². The normalized spacial score (nSPS) is 10.5. The second kappa shape index (κ2) is 1.80. The average molecular weight is 135 g/mol. The Morgan fingerprint density at radius 1 is 1.50 bits per heavy atom. The lowest BCUT2D eigenvalue weighted by Gasteiger charge is -1.88. The minimum atomic E-state index is 0. The Morgan fingerprint density at radius 3 is 3.30 bits per heavy atom. The first-order valence-corrected chi connectivity index (χ1v) is 3.12. The van der Waals surface area contributed by atoms with Crippen molar-refractivity contribution in [2.24, 2.45) is 0 Å². The molecule has 0 amide bonds. The molecule has 2 rings (SSSR count). The first-order valence-electron chi connectivity index (χ1n) is 3.12. The number of pyridine rings is 1. The Kier molecular flexibility index (Phi) is 0.974. The standard InChI is InChI=1S/C7H7N3.H2/c1-5-2-6-7(8-3-5)4-9-10-6;/h2-4H,1H3,(H,9,10);1H. The molecule has 2 heterocycles. The first-order chi connectivity index (χ1) is 4.86. The van der Waals surface area contributed by atoms with E-state index >= 15 is 0 Å². The molecule has 0 aliphatic carbocycles. The zero-order valence-corrected chi connectivity index (χ0v) is 5.63. The van der Waals surface area contributed by atoms with Crippen LogP contribution in [0, 0.1) is 6.92 Å². The summed E-state index contributed by atoms with van der Waals surface area (Å²) in [5, 5.41) is 6.70. The van der Waals surface area contributed by atoms with Gasteiger partial charge in [-0.25, -0.2) is 0 Å². The van der Waals surface area contributed by atoms with E-state index in [2.05, 4.69) is 15.2 Å². The lowest BCUT2D eigenvalue weighted by molar-refractivity contribution is 1.12. The van der Waals surface area contributed by atoms with Crippen LogP contribution in [0.25, 0.3) is 11.0 Å². The second-order valence-electron chi connectivity index (χ2n) is 2.32. The Hall–Kier alpha value is -1.38. The molecule has 0 bridgehead atoms. The third kappa shape index (κ3) is 0.673. The van der Waals surface area contributed by atoms with Crippen molar-refractivity contribution in [3.63, 3.8) is 0 Å². The zero-order valence-electron chi connectivity index (χ0n) is 5.63. The third-order valence-electron chi connectivity index (χ3n) is 1.43. The Bertz CT molecular complexity index is 355. The second-order valence-corrected chi connectivity index (χ2v) is 2.32. The molecule has 0 aromatic carbocycles. The molecule has 0 saturated heterocycles. The van der Waals surface area contributed by atoms with Gasteiger partial charge in [-0.2, -0.15) is 5.10 Å². The molecule has 1 N–H and O–H groups in total. The van der Waals surface area contributed by atoms with Gasteiger partial charge in [-0.3, -0.25) is 10.1 Å². The van der Waals surface area contributed by atoms with Crippen molar-refractivity contribution in [2.45, 2.75) is 6.92 Å². The number of nitrogens with zero attached hydrogens (tertiary/aromatic N) is 2. The molecule has 0 aliphatic rings. The van der Waals surface area contributed by atoms with E-state index in [0.717, 1.165) is 16.6 Å². The lowest BCUT2D eigenvalue weighted by Crippen LogP contribution is -1.76. The zero-order chi connectivity index (χ0) is 6.97. The third-order valence-corrected chi connectivity index (χ3v) is 1.43. The summed E-state index contributed by atoms with van der Waals surface area (Å²) in [6.45, 7) is 2.01. The van der Waals surface area contributed by atoms with Crippen LogP contribution in [0.2, 0.25) is 0 Å². The Labute approximate surface area is 59.6 Å². The summed E-state index contributed by atoms with van der Waals surface area (Å²) >= 11 is 0. The topological polar surface area (TPSA) is 41.6 Å². The molecule has 0 unspecified atom stereocenters. The van der Waals surface area contributed by atoms with Gasteiger partial charge in [0.15, 0.2) is 0 Å². The predicted octanol–water partition coefficient (Wildman–Crippen LogP) is 1.51. The van der Waals surface area contributed by atoms with E-state index in [1.165, 1.54) is 0 Å². The van der Waals surface area contributed by atoms with E-state index in [-0.39, 0.29) is 1.43 Å². The summed E-state index contributed by atoms with van der Waals surface area (Å²) in [5.41, 5.74) is 3.07. The molecule has 10 heavy (non-hydrogen) atoms. The van der Waals surface area contributed by atoms with E-state index in [1.807, 2.05) is 19.2 Å².